The molecule has 1 aliphatic rings. The lowest BCUT2D eigenvalue weighted by Crippen LogP contribution is -2.38. The molecule has 1 atom stereocenters. The minimum absolute atomic E-state index is 0.0194. The molecule has 1 aromatic carbocycles. The fraction of sp³-hybridized carbons (Fsp3) is 0.375. The maximum absolute atomic E-state index is 9.02. The van der Waals surface area contributed by atoms with Crippen molar-refractivity contribution in [2.75, 3.05) is 19.7 Å². The van der Waals surface area contributed by atoms with Gasteiger partial charge in [-0.3, -0.25) is 9.58 Å². The fourth-order valence-corrected chi connectivity index (χ4v) is 2.91. The van der Waals surface area contributed by atoms with Crippen molar-refractivity contribution in [1.29, 1.82) is 5.26 Å². The molecule has 1 aromatic heterocycles. The van der Waals surface area contributed by atoms with E-state index in [2.05, 4.69) is 16.1 Å². The predicted molar refractivity (Wildman–Crippen MR) is 83.3 cm³/mol. The van der Waals surface area contributed by atoms with Crippen LogP contribution in [0.5, 0.6) is 0 Å². The number of aryl methyl sites for hydroxylation is 1. The van der Waals surface area contributed by atoms with Crippen molar-refractivity contribution in [1.82, 2.24) is 14.7 Å². The van der Waals surface area contributed by atoms with Crippen LogP contribution in [0.25, 0.3) is 0 Å². The first-order valence-corrected chi connectivity index (χ1v) is 7.55. The van der Waals surface area contributed by atoms with Gasteiger partial charge in [0, 0.05) is 26.7 Å². The van der Waals surface area contributed by atoms with Gasteiger partial charge in [0.25, 0.3) is 0 Å². The van der Waals surface area contributed by atoms with Crippen molar-refractivity contribution in [3.8, 4) is 6.07 Å². The largest absolute Gasteiger partial charge is 0.371 e. The van der Waals surface area contributed by atoms with Gasteiger partial charge in [0.2, 0.25) is 0 Å². The molecule has 0 amide bonds. The third kappa shape index (κ3) is 3.14. The van der Waals surface area contributed by atoms with Crippen molar-refractivity contribution >= 4 is 11.6 Å². The monoisotopic (exact) mass is 316 g/mol. The van der Waals surface area contributed by atoms with Gasteiger partial charge < -0.3 is 4.74 Å². The summed E-state index contributed by atoms with van der Waals surface area (Å²) < 4.78 is 7.68. The lowest BCUT2D eigenvalue weighted by molar-refractivity contribution is -0.0335. The van der Waals surface area contributed by atoms with E-state index in [9.17, 15) is 0 Å². The van der Waals surface area contributed by atoms with E-state index in [0.29, 0.717) is 17.2 Å². The molecule has 0 bridgehead atoms. The Morgan fingerprint density at radius 1 is 1.50 bits per heavy atom. The molecule has 114 valence electrons. The van der Waals surface area contributed by atoms with E-state index in [1.807, 2.05) is 29.9 Å². The van der Waals surface area contributed by atoms with Gasteiger partial charge in [-0.2, -0.15) is 10.4 Å². The SMILES string of the molecule is Cn1ncc(Cl)c1CN1CCO[C@@H](c2cccc(C#N)c2)C1. The Labute approximate surface area is 134 Å². The maximum atomic E-state index is 9.02. The molecule has 0 unspecified atom stereocenters. The molecular formula is C16H17ClN4O. The average Bonchev–Trinajstić information content (AvgIpc) is 2.87. The van der Waals surface area contributed by atoms with E-state index in [-0.39, 0.29) is 6.10 Å². The Morgan fingerprint density at radius 3 is 3.09 bits per heavy atom. The van der Waals surface area contributed by atoms with Crippen LogP contribution in [-0.4, -0.2) is 34.4 Å². The third-order valence-electron chi connectivity index (χ3n) is 3.92. The molecule has 1 aliphatic heterocycles. The molecule has 0 spiro atoms. The summed E-state index contributed by atoms with van der Waals surface area (Å²) >= 11 is 6.18. The first kappa shape index (κ1) is 15.0. The standard InChI is InChI=1S/C16H17ClN4O/c1-20-15(14(17)9-19-20)10-21-5-6-22-16(11-21)13-4-2-3-12(7-13)8-18/h2-4,7,9,16H,5-6,10-11H2,1H3/t16-/m1/s1. The Bertz CT molecular complexity index is 687. The zero-order valence-electron chi connectivity index (χ0n) is 12.4. The van der Waals surface area contributed by atoms with Crippen molar-refractivity contribution in [3.63, 3.8) is 0 Å². The van der Waals surface area contributed by atoms with Crippen LogP contribution in [-0.2, 0) is 18.3 Å². The number of hydrogen-bond donors (Lipinski definition) is 0. The summed E-state index contributed by atoms with van der Waals surface area (Å²) in [5, 5.41) is 13.9. The van der Waals surface area contributed by atoms with Crippen LogP contribution in [0.2, 0.25) is 5.02 Å². The zero-order chi connectivity index (χ0) is 15.5. The van der Waals surface area contributed by atoms with Gasteiger partial charge in [0.1, 0.15) is 0 Å². The third-order valence-corrected chi connectivity index (χ3v) is 4.24. The number of benzene rings is 1. The predicted octanol–water partition coefficient (Wildman–Crippen LogP) is 2.52. The van der Waals surface area contributed by atoms with Gasteiger partial charge in [-0.15, -0.1) is 0 Å². The molecule has 0 aliphatic carbocycles. The van der Waals surface area contributed by atoms with Gasteiger partial charge >= 0.3 is 0 Å². The smallest absolute Gasteiger partial charge is 0.0991 e. The number of hydrogen-bond acceptors (Lipinski definition) is 4. The van der Waals surface area contributed by atoms with Crippen molar-refractivity contribution in [2.24, 2.45) is 7.05 Å². The average molecular weight is 317 g/mol. The summed E-state index contributed by atoms with van der Waals surface area (Å²) in [7, 11) is 1.90. The summed E-state index contributed by atoms with van der Waals surface area (Å²) in [5.41, 5.74) is 2.71. The van der Waals surface area contributed by atoms with Crippen molar-refractivity contribution in [3.05, 3.63) is 52.3 Å². The highest BCUT2D eigenvalue weighted by Crippen LogP contribution is 2.25. The second kappa shape index (κ2) is 6.49. The maximum Gasteiger partial charge on any atom is 0.0991 e. The van der Waals surface area contributed by atoms with Gasteiger partial charge in [-0.1, -0.05) is 23.7 Å². The molecule has 22 heavy (non-hydrogen) atoms. The van der Waals surface area contributed by atoms with E-state index >= 15 is 0 Å². The van der Waals surface area contributed by atoms with Crippen LogP contribution < -0.4 is 0 Å². The van der Waals surface area contributed by atoms with Gasteiger partial charge in [0.05, 0.1) is 41.3 Å². The van der Waals surface area contributed by atoms with E-state index < -0.39 is 0 Å². The molecule has 2 aromatic rings. The fourth-order valence-electron chi connectivity index (χ4n) is 2.68. The van der Waals surface area contributed by atoms with E-state index in [1.165, 1.54) is 0 Å². The summed E-state index contributed by atoms with van der Waals surface area (Å²) in [6.45, 7) is 3.04. The normalized spacial score (nSPS) is 19.0. The van der Waals surface area contributed by atoms with Crippen LogP contribution >= 0.6 is 11.6 Å². The molecule has 1 saturated heterocycles. The minimum Gasteiger partial charge on any atom is -0.371 e. The quantitative estimate of drug-likeness (QED) is 0.873. The number of morpholine rings is 1. The summed E-state index contributed by atoms with van der Waals surface area (Å²) in [6, 6.07) is 9.77. The molecule has 0 saturated carbocycles. The number of ether oxygens (including phenoxy) is 1. The van der Waals surface area contributed by atoms with Crippen LogP contribution in [0, 0.1) is 11.3 Å². The second-order valence-corrected chi connectivity index (χ2v) is 5.80. The number of nitriles is 1. The molecule has 1 fully saturated rings. The van der Waals surface area contributed by atoms with Gasteiger partial charge in [-0.05, 0) is 17.7 Å². The number of rotatable bonds is 3. The minimum atomic E-state index is -0.0194. The van der Waals surface area contributed by atoms with Crippen LogP contribution in [0.1, 0.15) is 22.9 Å². The van der Waals surface area contributed by atoms with Crippen molar-refractivity contribution < 1.29 is 4.74 Å². The molecule has 6 heteroatoms. The van der Waals surface area contributed by atoms with E-state index in [1.54, 1.807) is 12.3 Å². The highest BCUT2D eigenvalue weighted by molar-refractivity contribution is 6.31. The Balaban J connectivity index is 1.73. The number of nitrogens with zero attached hydrogens (tertiary/aromatic N) is 4. The van der Waals surface area contributed by atoms with Crippen LogP contribution in [0.4, 0.5) is 0 Å². The Hall–Kier alpha value is -1.87. The second-order valence-electron chi connectivity index (χ2n) is 5.39. The Kier molecular flexibility index (Phi) is 4.44. The van der Waals surface area contributed by atoms with E-state index in [4.69, 9.17) is 21.6 Å². The summed E-state index contributed by atoms with van der Waals surface area (Å²) in [6.07, 6.45) is 1.65. The molecule has 0 N–H and O–H groups in total. The van der Waals surface area contributed by atoms with Crippen LogP contribution in [0.3, 0.4) is 0 Å². The lowest BCUT2D eigenvalue weighted by Gasteiger charge is -2.33. The Morgan fingerprint density at radius 2 is 2.36 bits per heavy atom. The summed E-state index contributed by atoms with van der Waals surface area (Å²) in [5.74, 6) is 0. The molecule has 0 radical (unpaired) electrons. The first-order valence-electron chi connectivity index (χ1n) is 7.18. The van der Waals surface area contributed by atoms with Gasteiger partial charge in [-0.25, -0.2) is 0 Å². The first-order chi connectivity index (χ1) is 10.7. The summed E-state index contributed by atoms with van der Waals surface area (Å²) in [4.78, 5) is 2.30. The molecule has 2 heterocycles. The number of aromatic nitrogens is 2. The highest BCUT2D eigenvalue weighted by Gasteiger charge is 2.23. The van der Waals surface area contributed by atoms with E-state index in [0.717, 1.165) is 30.9 Å². The lowest BCUT2D eigenvalue weighted by atomic mass is 10.0. The topological polar surface area (TPSA) is 54.1 Å². The van der Waals surface area contributed by atoms with Gasteiger partial charge in [0.15, 0.2) is 0 Å². The number of halogens is 1. The molecule has 5 nitrogen and oxygen atoms in total. The van der Waals surface area contributed by atoms with Crippen molar-refractivity contribution in [2.45, 2.75) is 12.6 Å². The van der Waals surface area contributed by atoms with Crippen LogP contribution in [0.15, 0.2) is 30.5 Å². The highest BCUT2D eigenvalue weighted by atomic mass is 35.5. The zero-order valence-corrected chi connectivity index (χ0v) is 13.1. The molecule has 3 rings (SSSR count). The molecular weight excluding hydrogens is 300 g/mol.